The van der Waals surface area contributed by atoms with Crippen LogP contribution < -0.4 is 17.0 Å². The molecule has 1 spiro atoms. The minimum Gasteiger partial charge on any atom is -0.414 e. The monoisotopic (exact) mass is 603 g/mol. The molecule has 1 fully saturated rings. The average molecular weight is 604 g/mol. The fourth-order valence-corrected chi connectivity index (χ4v) is 7.74. The van der Waals surface area contributed by atoms with Crippen LogP contribution in [0.15, 0.2) is 33.0 Å². The summed E-state index contributed by atoms with van der Waals surface area (Å²) < 4.78 is 53.6. The predicted molar refractivity (Wildman–Crippen MR) is 155 cm³/mol. The third-order valence-corrected chi connectivity index (χ3v) is 18.8. The van der Waals surface area contributed by atoms with Crippen LogP contribution in [-0.2, 0) is 34.4 Å². The Labute approximate surface area is 233 Å². The van der Waals surface area contributed by atoms with Crippen molar-refractivity contribution in [1.29, 1.82) is 0 Å². The van der Waals surface area contributed by atoms with Crippen molar-refractivity contribution in [3.05, 3.63) is 44.2 Å². The minimum absolute atomic E-state index is 0.0312. The van der Waals surface area contributed by atoms with Crippen LogP contribution in [0, 0.1) is 0 Å². The second-order valence-corrected chi connectivity index (χ2v) is 24.4. The van der Waals surface area contributed by atoms with Gasteiger partial charge < -0.3 is 19.3 Å². The van der Waals surface area contributed by atoms with Gasteiger partial charge >= 0.3 is 5.69 Å². The Kier molecular flexibility index (Phi) is 8.25. The lowest BCUT2D eigenvalue weighted by molar-refractivity contribution is -0.0566. The zero-order chi connectivity index (χ0) is 30.0. The molecule has 2 aliphatic heterocycles. The van der Waals surface area contributed by atoms with Crippen LogP contribution in [0.1, 0.15) is 54.7 Å². The largest absolute Gasteiger partial charge is 0.414 e. The standard InChI is InChI=1S/C25H45N3O8SSi2/c1-12-27-19(29)13-14-28(22(27)30)21-20(35-39(10,11)24(5,6)7)25(17(26)16-37(31,32)36-25)18(34-21)15-33-38(8,9)23(2,3)4/h13-14,16,18,20-21H,12,15,26H2,1-11H3/t18-,20+,21-,25?/m1/s1. The van der Waals surface area contributed by atoms with Gasteiger partial charge in [0.2, 0.25) is 0 Å². The number of rotatable bonds is 7. The first-order valence-corrected chi connectivity index (χ1v) is 20.5. The molecule has 0 aromatic carbocycles. The van der Waals surface area contributed by atoms with Crippen LogP contribution in [0.4, 0.5) is 0 Å². The molecule has 1 aromatic heterocycles. The number of hydrogen-bond acceptors (Lipinski definition) is 9. The zero-order valence-electron chi connectivity index (χ0n) is 25.0. The van der Waals surface area contributed by atoms with Crippen LogP contribution in [0.25, 0.3) is 0 Å². The topological polar surface area (TPSA) is 141 Å². The summed E-state index contributed by atoms with van der Waals surface area (Å²) in [4.78, 5) is 25.8. The lowest BCUT2D eigenvalue weighted by Gasteiger charge is -2.43. The van der Waals surface area contributed by atoms with Crippen molar-refractivity contribution in [2.75, 3.05) is 6.61 Å². The van der Waals surface area contributed by atoms with Crippen molar-refractivity contribution in [2.24, 2.45) is 5.73 Å². The summed E-state index contributed by atoms with van der Waals surface area (Å²) in [6, 6.07) is 1.27. The molecular weight excluding hydrogens is 559 g/mol. The summed E-state index contributed by atoms with van der Waals surface area (Å²) in [7, 11) is -9.14. The van der Waals surface area contributed by atoms with Gasteiger partial charge in [0, 0.05) is 18.8 Å². The molecule has 222 valence electrons. The van der Waals surface area contributed by atoms with Gasteiger partial charge in [0.05, 0.1) is 17.7 Å². The number of ether oxygens (including phenoxy) is 1. The van der Waals surface area contributed by atoms with E-state index >= 15 is 0 Å². The van der Waals surface area contributed by atoms with Gasteiger partial charge in [0.15, 0.2) is 28.5 Å². The highest BCUT2D eigenvalue weighted by Gasteiger charge is 2.67. The van der Waals surface area contributed by atoms with Gasteiger partial charge in [-0.15, -0.1) is 0 Å². The second-order valence-electron chi connectivity index (χ2n) is 13.4. The number of nitrogens with two attached hydrogens (primary N) is 1. The Bertz CT molecular complexity index is 1350. The molecule has 2 aliphatic rings. The molecule has 1 aromatic rings. The molecule has 0 bridgehead atoms. The van der Waals surface area contributed by atoms with E-state index in [-0.39, 0.29) is 28.9 Å². The molecule has 3 rings (SSSR count). The Hall–Kier alpha value is -1.56. The third-order valence-electron chi connectivity index (χ3n) is 8.76. The highest BCUT2D eigenvalue weighted by Crippen LogP contribution is 2.52. The lowest BCUT2D eigenvalue weighted by atomic mass is 9.89. The first-order chi connectivity index (χ1) is 17.5. The fraction of sp³-hybridized carbons (Fsp3) is 0.760. The van der Waals surface area contributed by atoms with Gasteiger partial charge in [-0.05, 0) is 43.2 Å². The van der Waals surface area contributed by atoms with Gasteiger partial charge in [-0.2, -0.15) is 8.42 Å². The van der Waals surface area contributed by atoms with Crippen molar-refractivity contribution >= 4 is 26.8 Å². The minimum atomic E-state index is -4.18. The maximum atomic E-state index is 13.5. The van der Waals surface area contributed by atoms with E-state index < -0.39 is 62.0 Å². The molecule has 0 amide bonds. The van der Waals surface area contributed by atoms with Gasteiger partial charge in [-0.3, -0.25) is 13.9 Å². The molecule has 39 heavy (non-hydrogen) atoms. The normalized spacial score (nSPS) is 27.8. The van der Waals surface area contributed by atoms with Crippen LogP contribution in [0.5, 0.6) is 0 Å². The maximum absolute atomic E-state index is 13.5. The summed E-state index contributed by atoms with van der Waals surface area (Å²) in [5, 5.41) is 0.472. The highest BCUT2D eigenvalue weighted by atomic mass is 32.2. The van der Waals surface area contributed by atoms with Crippen LogP contribution in [-0.4, -0.2) is 58.6 Å². The summed E-state index contributed by atoms with van der Waals surface area (Å²) >= 11 is 0. The molecule has 0 radical (unpaired) electrons. The molecule has 14 heteroatoms. The van der Waals surface area contributed by atoms with E-state index in [1.807, 2.05) is 33.9 Å². The summed E-state index contributed by atoms with van der Waals surface area (Å²) in [5.74, 6) is 0. The Morgan fingerprint density at radius 1 is 1.05 bits per heavy atom. The maximum Gasteiger partial charge on any atom is 0.333 e. The van der Waals surface area contributed by atoms with E-state index in [9.17, 15) is 18.0 Å². The molecule has 1 saturated heterocycles. The third kappa shape index (κ3) is 5.65. The molecule has 11 nitrogen and oxygen atoms in total. The number of hydrogen-bond donors (Lipinski definition) is 1. The lowest BCUT2D eigenvalue weighted by Crippen LogP contribution is -2.59. The van der Waals surface area contributed by atoms with Crippen molar-refractivity contribution in [3.63, 3.8) is 0 Å². The first-order valence-electron chi connectivity index (χ1n) is 13.2. The van der Waals surface area contributed by atoms with Gasteiger partial charge in [-0.25, -0.2) is 8.98 Å². The second kappa shape index (κ2) is 10.1. The molecule has 4 atom stereocenters. The van der Waals surface area contributed by atoms with Gasteiger partial charge in [0.1, 0.15) is 12.2 Å². The fourth-order valence-electron chi connectivity index (χ4n) is 4.23. The van der Waals surface area contributed by atoms with Crippen LogP contribution >= 0.6 is 0 Å². The Morgan fingerprint density at radius 2 is 1.62 bits per heavy atom. The first kappa shape index (κ1) is 32.0. The predicted octanol–water partition coefficient (Wildman–Crippen LogP) is 3.24. The molecule has 0 aliphatic carbocycles. The van der Waals surface area contributed by atoms with E-state index in [4.69, 9.17) is 23.5 Å². The molecule has 0 saturated carbocycles. The van der Waals surface area contributed by atoms with Crippen molar-refractivity contribution in [3.8, 4) is 0 Å². The summed E-state index contributed by atoms with van der Waals surface area (Å²) in [5.41, 5.74) is 3.56. The Morgan fingerprint density at radius 3 is 2.08 bits per heavy atom. The molecule has 1 unspecified atom stereocenters. The van der Waals surface area contributed by atoms with E-state index in [1.54, 1.807) is 6.92 Å². The highest BCUT2D eigenvalue weighted by molar-refractivity contribution is 7.90. The molecular formula is C25H45N3O8SSi2. The number of nitrogens with zero attached hydrogens (tertiary/aromatic N) is 2. The van der Waals surface area contributed by atoms with Crippen molar-refractivity contribution < 1.29 is 26.2 Å². The van der Waals surface area contributed by atoms with Gasteiger partial charge in [-0.1, -0.05) is 41.5 Å². The quantitative estimate of drug-likeness (QED) is 0.367. The van der Waals surface area contributed by atoms with E-state index in [0.717, 1.165) is 9.98 Å². The van der Waals surface area contributed by atoms with Crippen LogP contribution in [0.3, 0.4) is 0 Å². The van der Waals surface area contributed by atoms with Crippen molar-refractivity contribution in [2.45, 2.75) is 115 Å². The molecule has 2 N–H and O–H groups in total. The van der Waals surface area contributed by atoms with Crippen molar-refractivity contribution in [1.82, 2.24) is 9.13 Å². The number of aromatic nitrogens is 2. The summed E-state index contributed by atoms with van der Waals surface area (Å²) in [6.07, 6.45) is -1.94. The van der Waals surface area contributed by atoms with Crippen LogP contribution in [0.2, 0.25) is 36.3 Å². The van der Waals surface area contributed by atoms with E-state index in [2.05, 4.69) is 33.9 Å². The van der Waals surface area contributed by atoms with E-state index in [0.29, 0.717) is 0 Å². The Balaban J connectivity index is 2.26. The van der Waals surface area contributed by atoms with Gasteiger partial charge in [0.25, 0.3) is 15.7 Å². The SMILES string of the molecule is CCn1c(=O)ccn([C@@H]2O[C@H](CO[Si](C)(C)C(C)(C)C)C3(OS(=O)(=O)C=C3N)[C@H]2O[Si](C)(C)C(C)(C)C)c1=O. The average Bonchev–Trinajstić information content (AvgIpc) is 3.17. The van der Waals surface area contributed by atoms with E-state index in [1.165, 1.54) is 16.8 Å². The summed E-state index contributed by atoms with van der Waals surface area (Å²) in [6.45, 7) is 22.4. The smallest absolute Gasteiger partial charge is 0.333 e. The molecule has 3 heterocycles. The zero-order valence-corrected chi connectivity index (χ0v) is 27.8.